The Bertz CT molecular complexity index is 855. The lowest BCUT2D eigenvalue weighted by Crippen LogP contribution is -2.55. The Hall–Kier alpha value is 2.99. The first-order valence-corrected chi connectivity index (χ1v) is 43.5. The van der Waals surface area contributed by atoms with Crippen molar-refractivity contribution >= 4 is 98.2 Å². The molecule has 0 radical (unpaired) electrons. The van der Waals surface area contributed by atoms with E-state index in [1.54, 1.807) is 0 Å². The Morgan fingerprint density at radius 2 is 0.400 bits per heavy atom. The first-order chi connectivity index (χ1) is 34.5. The third-order valence-electron chi connectivity index (χ3n) is 12.8. The molecule has 0 aliphatic heterocycles. The molecule has 0 aliphatic carbocycles. The molecule has 2 atom stereocenters. The van der Waals surface area contributed by atoms with Crippen LogP contribution in [0.4, 0.5) is 0 Å². The first kappa shape index (κ1) is 73.0. The minimum absolute atomic E-state index is 0.209. The van der Waals surface area contributed by atoms with Crippen LogP contribution >= 0.6 is 80.5 Å². The molecule has 0 bridgehead atoms. The summed E-state index contributed by atoms with van der Waals surface area (Å²) in [7, 11) is 9.20. The van der Waals surface area contributed by atoms with Crippen LogP contribution in [-0.4, -0.2) is 67.0 Å². The smallest absolute Gasteiger partial charge is 0.373 e. The number of hydrogen-bond donors (Lipinski definition) is 0. The van der Waals surface area contributed by atoms with Gasteiger partial charge in [0.05, 0.1) is 9.75 Å². The summed E-state index contributed by atoms with van der Waals surface area (Å²) in [4.78, 5) is 0.418. The molecule has 0 spiro atoms. The number of unbranched alkanes of at least 4 members (excludes halogenated alkanes) is 30. The van der Waals surface area contributed by atoms with E-state index in [1.807, 2.05) is 80.5 Å². The van der Waals surface area contributed by atoms with Crippen LogP contribution < -0.4 is 0 Å². The van der Waals surface area contributed by atoms with Gasteiger partial charge in [-0.15, -0.1) is 0 Å². The van der Waals surface area contributed by atoms with Crippen molar-refractivity contribution in [2.24, 2.45) is 0 Å². The van der Waals surface area contributed by atoms with Crippen molar-refractivity contribution in [1.29, 1.82) is 0 Å². The molecule has 2 unspecified atom stereocenters. The molecule has 0 rings (SSSR count). The van der Waals surface area contributed by atoms with Gasteiger partial charge in [0.15, 0.2) is 0 Å². The van der Waals surface area contributed by atoms with Crippen molar-refractivity contribution in [3.63, 3.8) is 0 Å². The van der Waals surface area contributed by atoms with Crippen molar-refractivity contribution in [3.8, 4) is 0 Å². The third-order valence-corrected chi connectivity index (χ3v) is 38.0. The standard InChI is InChI=1S/C54H114O6S8Si2/c1-9-17-23-29-35-41-47-55-69(56-48-42-36-30-24-18-10-2,57-49-43-37-31-25-19-11-3)53(15-7)61-63-65-67-68-66-64-62-54(16-8)70(58-50-44-38-32-26-20-12-4,59-51-45-39-33-27-21-13-5)60-52-46-40-34-28-22-14-6/h53-54H,9-52H2,1-8H3. The van der Waals surface area contributed by atoms with E-state index in [4.69, 9.17) is 26.6 Å². The maximum atomic E-state index is 7.00. The van der Waals surface area contributed by atoms with Crippen LogP contribution in [0.15, 0.2) is 0 Å². The van der Waals surface area contributed by atoms with Gasteiger partial charge in [-0.3, -0.25) is 0 Å². The van der Waals surface area contributed by atoms with E-state index in [-0.39, 0.29) is 9.75 Å². The Kier molecular flexibility index (Phi) is 60.6. The Morgan fingerprint density at radius 3 is 0.586 bits per heavy atom. The zero-order valence-corrected chi connectivity index (χ0v) is 55.5. The molecule has 0 aromatic rings. The fourth-order valence-electron chi connectivity index (χ4n) is 8.31. The monoisotopic (exact) mass is 1170 g/mol. The van der Waals surface area contributed by atoms with Crippen molar-refractivity contribution in [2.45, 2.75) is 309 Å². The quantitative estimate of drug-likeness (QED) is 0.0330. The van der Waals surface area contributed by atoms with Crippen LogP contribution in [0.3, 0.4) is 0 Å². The fraction of sp³-hybridized carbons (Fsp3) is 1.00. The van der Waals surface area contributed by atoms with E-state index in [9.17, 15) is 0 Å². The molecule has 0 saturated carbocycles. The Morgan fingerprint density at radius 1 is 0.229 bits per heavy atom. The summed E-state index contributed by atoms with van der Waals surface area (Å²) in [5.41, 5.74) is 0. The molecule has 0 aromatic carbocycles. The van der Waals surface area contributed by atoms with Crippen LogP contribution in [0.25, 0.3) is 0 Å². The average Bonchev–Trinajstić information content (AvgIpc) is 3.37. The highest BCUT2D eigenvalue weighted by Gasteiger charge is 2.51. The molecule has 0 fully saturated rings. The van der Waals surface area contributed by atoms with E-state index >= 15 is 0 Å². The van der Waals surface area contributed by atoms with Crippen molar-refractivity contribution < 1.29 is 26.6 Å². The number of hydrogen-bond acceptors (Lipinski definition) is 14. The molecule has 0 saturated heterocycles. The molecular weight excluding hydrogens is 1060 g/mol. The van der Waals surface area contributed by atoms with E-state index < -0.39 is 17.6 Å². The molecule has 16 heteroatoms. The van der Waals surface area contributed by atoms with Crippen LogP contribution in [0, 0.1) is 0 Å². The van der Waals surface area contributed by atoms with Gasteiger partial charge in [-0.05, 0) is 110 Å². The predicted octanol–water partition coefficient (Wildman–Crippen LogP) is 23.0. The second-order valence-electron chi connectivity index (χ2n) is 19.3. The number of rotatable bonds is 61. The third kappa shape index (κ3) is 42.9. The van der Waals surface area contributed by atoms with Crippen molar-refractivity contribution in [2.75, 3.05) is 39.6 Å². The molecule has 0 aliphatic rings. The lowest BCUT2D eigenvalue weighted by molar-refractivity contribution is 0.0527. The topological polar surface area (TPSA) is 55.4 Å². The SMILES string of the molecule is CCCCCCCCO[Si](OCCCCCCCC)(OCCCCCCCC)C(CC)SSSSSSSSC(CC)[Si](OCCCCCCCC)(OCCCCCCCC)OCCCCCCCC. The van der Waals surface area contributed by atoms with Gasteiger partial charge in [-0.2, -0.15) is 0 Å². The lowest BCUT2D eigenvalue weighted by Gasteiger charge is -2.35. The second kappa shape index (κ2) is 58.1. The zero-order valence-electron chi connectivity index (χ0n) is 47.0. The van der Waals surface area contributed by atoms with E-state index in [0.29, 0.717) is 0 Å². The van der Waals surface area contributed by atoms with Crippen molar-refractivity contribution in [1.82, 2.24) is 0 Å². The first-order valence-electron chi connectivity index (χ1n) is 29.6. The molecule has 6 nitrogen and oxygen atoms in total. The zero-order chi connectivity index (χ0) is 51.2. The van der Waals surface area contributed by atoms with Gasteiger partial charge in [-0.25, -0.2) is 0 Å². The van der Waals surface area contributed by atoms with Gasteiger partial charge in [0.2, 0.25) is 0 Å². The summed E-state index contributed by atoms with van der Waals surface area (Å²) in [6.07, 6.45) is 47.2. The highest BCUT2D eigenvalue weighted by Crippen LogP contribution is 2.59. The van der Waals surface area contributed by atoms with Crippen molar-refractivity contribution in [3.05, 3.63) is 0 Å². The van der Waals surface area contributed by atoms with Gasteiger partial charge >= 0.3 is 17.6 Å². The predicted molar refractivity (Wildman–Crippen MR) is 336 cm³/mol. The summed E-state index contributed by atoms with van der Waals surface area (Å²) < 4.78 is 42.0. The molecule has 70 heavy (non-hydrogen) atoms. The minimum atomic E-state index is -2.96. The van der Waals surface area contributed by atoms with E-state index in [2.05, 4.69) is 55.4 Å². The second-order valence-corrected chi connectivity index (χ2v) is 39.0. The van der Waals surface area contributed by atoms with E-state index in [1.165, 1.54) is 193 Å². The summed E-state index contributed by atoms with van der Waals surface area (Å²) in [5.74, 6) is 0. The molecule has 0 N–H and O–H groups in total. The van der Waals surface area contributed by atoms with Crippen LogP contribution in [0.2, 0.25) is 0 Å². The van der Waals surface area contributed by atoms with Gasteiger partial charge in [0, 0.05) is 39.6 Å². The summed E-state index contributed by atoms with van der Waals surface area (Å²) >= 11 is 0. The normalized spacial score (nSPS) is 13.2. The summed E-state index contributed by atoms with van der Waals surface area (Å²) in [5, 5.41) is 0. The van der Waals surface area contributed by atoms with Gasteiger partial charge in [0.1, 0.15) is 0 Å². The van der Waals surface area contributed by atoms with E-state index in [0.717, 1.165) is 91.0 Å². The fourth-order valence-corrected chi connectivity index (χ4v) is 37.0. The summed E-state index contributed by atoms with van der Waals surface area (Å²) in [6, 6.07) is 0. The Balaban J connectivity index is 5.76. The molecule has 0 amide bonds. The van der Waals surface area contributed by atoms with Gasteiger partial charge in [-0.1, -0.05) is 270 Å². The molecular formula is C54H114O6S8Si2. The highest BCUT2D eigenvalue weighted by molar-refractivity contribution is 9.48. The van der Waals surface area contributed by atoms with Gasteiger partial charge in [0.25, 0.3) is 0 Å². The highest BCUT2D eigenvalue weighted by atomic mass is 34.0. The largest absolute Gasteiger partial charge is 0.515 e. The maximum absolute atomic E-state index is 7.00. The van der Waals surface area contributed by atoms with Crippen LogP contribution in [0.5, 0.6) is 0 Å². The minimum Gasteiger partial charge on any atom is -0.373 e. The Labute approximate surface area is 469 Å². The molecule has 422 valence electrons. The van der Waals surface area contributed by atoms with Gasteiger partial charge < -0.3 is 26.6 Å². The average molecular weight is 1170 g/mol. The molecule has 0 heterocycles. The lowest BCUT2D eigenvalue weighted by atomic mass is 10.1. The van der Waals surface area contributed by atoms with Crippen LogP contribution in [-0.2, 0) is 26.6 Å². The summed E-state index contributed by atoms with van der Waals surface area (Å²) in [6.45, 7) is 22.9. The van der Waals surface area contributed by atoms with Crippen LogP contribution in [0.1, 0.15) is 299 Å². The maximum Gasteiger partial charge on any atom is 0.515 e. The molecule has 0 aromatic heterocycles.